The summed E-state index contributed by atoms with van der Waals surface area (Å²) in [5, 5.41) is 5.99. The quantitative estimate of drug-likeness (QED) is 0.834. The van der Waals surface area contributed by atoms with E-state index in [4.69, 9.17) is 0 Å². The molecule has 4 aliphatic carbocycles. The SMILES string of the molecule is Cc1ccc(NC(=O)CC(=O)NC2C3CC4CC(C3)CC2C4)cc1. The van der Waals surface area contributed by atoms with Gasteiger partial charge >= 0.3 is 0 Å². The van der Waals surface area contributed by atoms with Crippen LogP contribution >= 0.6 is 0 Å². The summed E-state index contributed by atoms with van der Waals surface area (Å²) in [6.45, 7) is 2.00. The van der Waals surface area contributed by atoms with E-state index in [0.29, 0.717) is 17.9 Å². The fourth-order valence-electron chi connectivity index (χ4n) is 5.39. The Balaban J connectivity index is 1.30. The minimum absolute atomic E-state index is 0.0866. The third-order valence-corrected chi connectivity index (χ3v) is 6.21. The van der Waals surface area contributed by atoms with Gasteiger partial charge in [0.15, 0.2) is 0 Å². The molecule has 1 aromatic rings. The third kappa shape index (κ3) is 3.19. The number of carbonyl (C=O) groups excluding carboxylic acids is 2. The van der Waals surface area contributed by atoms with Gasteiger partial charge in [0.05, 0.1) is 0 Å². The van der Waals surface area contributed by atoms with Crippen LogP contribution in [0.5, 0.6) is 0 Å². The molecule has 4 saturated carbocycles. The van der Waals surface area contributed by atoms with Crippen molar-refractivity contribution >= 4 is 17.5 Å². The average molecular weight is 326 g/mol. The molecule has 4 aliphatic rings. The van der Waals surface area contributed by atoms with Gasteiger partial charge in [0, 0.05) is 11.7 Å². The fourth-order valence-corrected chi connectivity index (χ4v) is 5.39. The predicted molar refractivity (Wildman–Crippen MR) is 93.4 cm³/mol. The lowest BCUT2D eigenvalue weighted by Gasteiger charge is -2.54. The first kappa shape index (κ1) is 15.7. The summed E-state index contributed by atoms with van der Waals surface area (Å²) >= 11 is 0. The summed E-state index contributed by atoms with van der Waals surface area (Å²) in [7, 11) is 0. The van der Waals surface area contributed by atoms with Crippen molar-refractivity contribution in [2.75, 3.05) is 5.32 Å². The number of carbonyl (C=O) groups is 2. The second kappa shape index (κ2) is 6.23. The normalized spacial score (nSPS) is 33.3. The summed E-state index contributed by atoms with van der Waals surface area (Å²) in [6.07, 6.45) is 6.41. The van der Waals surface area contributed by atoms with Crippen LogP contribution in [0.1, 0.15) is 44.1 Å². The molecular weight excluding hydrogens is 300 g/mol. The molecule has 0 radical (unpaired) electrons. The number of nitrogens with one attached hydrogen (secondary N) is 2. The van der Waals surface area contributed by atoms with Crippen molar-refractivity contribution in [1.82, 2.24) is 5.32 Å². The highest BCUT2D eigenvalue weighted by Gasteiger charge is 2.48. The standard InChI is InChI=1S/C20H26N2O2/c1-12-2-4-17(5-3-12)21-18(23)11-19(24)22-20-15-7-13-6-14(9-15)10-16(20)8-13/h2-5,13-16,20H,6-11H2,1H3,(H,21,23)(H,22,24). The summed E-state index contributed by atoms with van der Waals surface area (Å²) < 4.78 is 0. The number of hydrogen-bond donors (Lipinski definition) is 2. The smallest absolute Gasteiger partial charge is 0.233 e. The summed E-state index contributed by atoms with van der Waals surface area (Å²) in [5.41, 5.74) is 1.89. The zero-order valence-electron chi connectivity index (χ0n) is 14.3. The lowest BCUT2D eigenvalue weighted by Crippen LogP contribution is -2.56. The Bertz CT molecular complexity index is 610. The van der Waals surface area contributed by atoms with Crippen LogP contribution in [0.4, 0.5) is 5.69 Å². The molecule has 1 aromatic carbocycles. The number of benzene rings is 1. The number of aryl methyl sites for hydroxylation is 1. The Morgan fingerprint density at radius 3 is 2.08 bits per heavy atom. The molecule has 0 heterocycles. The van der Waals surface area contributed by atoms with Crippen molar-refractivity contribution in [3.63, 3.8) is 0 Å². The number of anilines is 1. The predicted octanol–water partition coefficient (Wildman–Crippen LogP) is 3.26. The highest BCUT2D eigenvalue weighted by molar-refractivity contribution is 6.03. The zero-order chi connectivity index (χ0) is 16.7. The summed E-state index contributed by atoms with van der Waals surface area (Å²) in [6, 6.07) is 7.93. The van der Waals surface area contributed by atoms with Crippen LogP contribution < -0.4 is 10.6 Å². The summed E-state index contributed by atoms with van der Waals surface area (Å²) in [4.78, 5) is 24.4. The molecule has 5 rings (SSSR count). The van der Waals surface area contributed by atoms with Crippen molar-refractivity contribution in [3.05, 3.63) is 29.8 Å². The second-order valence-electron chi connectivity index (χ2n) is 8.11. The van der Waals surface area contributed by atoms with E-state index in [1.807, 2.05) is 31.2 Å². The average Bonchev–Trinajstić information content (AvgIpc) is 2.52. The molecule has 0 saturated heterocycles. The molecule has 0 unspecified atom stereocenters. The molecule has 4 heteroatoms. The van der Waals surface area contributed by atoms with E-state index >= 15 is 0 Å². The first-order chi connectivity index (χ1) is 11.6. The van der Waals surface area contributed by atoms with Crippen LogP contribution in [0.15, 0.2) is 24.3 Å². The number of rotatable bonds is 4. The van der Waals surface area contributed by atoms with Crippen molar-refractivity contribution in [3.8, 4) is 0 Å². The molecule has 2 N–H and O–H groups in total. The lowest BCUT2D eigenvalue weighted by molar-refractivity contribution is -0.129. The van der Waals surface area contributed by atoms with Gasteiger partial charge in [-0.05, 0) is 74.8 Å². The Kier molecular flexibility index (Phi) is 4.07. The van der Waals surface area contributed by atoms with Crippen LogP contribution in [-0.4, -0.2) is 17.9 Å². The van der Waals surface area contributed by atoms with Gasteiger partial charge in [0.2, 0.25) is 11.8 Å². The van der Waals surface area contributed by atoms with Gasteiger partial charge in [0.25, 0.3) is 0 Å². The van der Waals surface area contributed by atoms with Gasteiger partial charge in [-0.1, -0.05) is 17.7 Å². The molecule has 4 fully saturated rings. The highest BCUT2D eigenvalue weighted by atomic mass is 16.2. The van der Waals surface area contributed by atoms with E-state index in [9.17, 15) is 9.59 Å². The number of hydrogen-bond acceptors (Lipinski definition) is 2. The van der Waals surface area contributed by atoms with Gasteiger partial charge < -0.3 is 10.6 Å². The first-order valence-corrected chi connectivity index (χ1v) is 9.22. The topological polar surface area (TPSA) is 58.2 Å². The Morgan fingerprint density at radius 1 is 0.917 bits per heavy atom. The van der Waals surface area contributed by atoms with Crippen LogP contribution in [0.2, 0.25) is 0 Å². The molecule has 2 amide bonds. The summed E-state index contributed by atoms with van der Waals surface area (Å²) in [5.74, 6) is 2.71. The molecule has 0 aromatic heterocycles. The maximum Gasteiger partial charge on any atom is 0.233 e. The number of amides is 2. The molecule has 0 spiro atoms. The molecule has 4 nitrogen and oxygen atoms in total. The van der Waals surface area contributed by atoms with Gasteiger partial charge in [-0.15, -0.1) is 0 Å². The lowest BCUT2D eigenvalue weighted by atomic mass is 9.54. The minimum Gasteiger partial charge on any atom is -0.352 e. The van der Waals surface area contributed by atoms with E-state index < -0.39 is 0 Å². The van der Waals surface area contributed by atoms with Crippen molar-refractivity contribution in [2.24, 2.45) is 23.7 Å². The van der Waals surface area contributed by atoms with Crippen molar-refractivity contribution in [2.45, 2.75) is 51.5 Å². The molecular formula is C20H26N2O2. The molecule has 0 aliphatic heterocycles. The van der Waals surface area contributed by atoms with E-state index in [1.54, 1.807) is 0 Å². The van der Waals surface area contributed by atoms with Gasteiger partial charge in [-0.2, -0.15) is 0 Å². The Hall–Kier alpha value is -1.84. The minimum atomic E-state index is -0.236. The van der Waals surface area contributed by atoms with Gasteiger partial charge in [-0.25, -0.2) is 0 Å². The second-order valence-corrected chi connectivity index (χ2v) is 8.11. The molecule has 0 atom stereocenters. The van der Waals surface area contributed by atoms with Crippen LogP contribution in [-0.2, 0) is 9.59 Å². The maximum absolute atomic E-state index is 12.3. The van der Waals surface area contributed by atoms with E-state index in [0.717, 1.165) is 23.1 Å². The van der Waals surface area contributed by atoms with Gasteiger partial charge in [-0.3, -0.25) is 9.59 Å². The van der Waals surface area contributed by atoms with Gasteiger partial charge in [0.1, 0.15) is 6.42 Å². The van der Waals surface area contributed by atoms with Crippen molar-refractivity contribution < 1.29 is 9.59 Å². The first-order valence-electron chi connectivity index (χ1n) is 9.22. The maximum atomic E-state index is 12.3. The fraction of sp³-hybridized carbons (Fsp3) is 0.600. The monoisotopic (exact) mass is 326 g/mol. The van der Waals surface area contributed by atoms with E-state index in [2.05, 4.69) is 10.6 Å². The molecule has 24 heavy (non-hydrogen) atoms. The largest absolute Gasteiger partial charge is 0.352 e. The van der Waals surface area contributed by atoms with E-state index in [-0.39, 0.29) is 18.2 Å². The zero-order valence-corrected chi connectivity index (χ0v) is 14.3. The van der Waals surface area contributed by atoms with Crippen LogP contribution in [0.25, 0.3) is 0 Å². The Labute approximate surface area is 143 Å². The Morgan fingerprint density at radius 2 is 1.50 bits per heavy atom. The van der Waals surface area contributed by atoms with E-state index in [1.165, 1.54) is 32.1 Å². The van der Waals surface area contributed by atoms with Crippen molar-refractivity contribution in [1.29, 1.82) is 0 Å². The highest BCUT2D eigenvalue weighted by Crippen LogP contribution is 2.53. The third-order valence-electron chi connectivity index (χ3n) is 6.21. The molecule has 4 bridgehead atoms. The van der Waals surface area contributed by atoms with Crippen LogP contribution in [0, 0.1) is 30.6 Å². The van der Waals surface area contributed by atoms with Crippen LogP contribution in [0.3, 0.4) is 0 Å². The molecule has 128 valence electrons.